The van der Waals surface area contributed by atoms with Gasteiger partial charge in [0, 0.05) is 72.2 Å². The minimum atomic E-state index is -1.07. The standard InChI is InChI=1S/C38H27ClIN4O3S2/c39-31-9-8-23(16-30(34(41)27-10-14-48-21-27)36(45)25-5-2-12-42-19-25)17-32(31)44-13-3-6-26(20-44)37(46)33-35(28-11-15-49-22-28)43-47-38(33)24-4-1-7-29(40)18-24/h1-22,36-37,41,45-46H/q+1. The predicted molar refractivity (Wildman–Crippen MR) is 203 cm³/mol. The van der Waals surface area contributed by atoms with Crippen LogP contribution in [0.5, 0.6) is 0 Å². The fourth-order valence-corrected chi connectivity index (χ4v) is 7.59. The molecule has 0 aliphatic carbocycles. The third-order valence-corrected chi connectivity index (χ3v) is 10.3. The summed E-state index contributed by atoms with van der Waals surface area (Å²) in [6.07, 6.45) is 6.59. The van der Waals surface area contributed by atoms with E-state index >= 15 is 0 Å². The molecule has 7 nitrogen and oxygen atoms in total. The van der Waals surface area contributed by atoms with Crippen LogP contribution in [-0.2, 0) is 0 Å². The summed E-state index contributed by atoms with van der Waals surface area (Å²) in [5, 5.41) is 45.0. The van der Waals surface area contributed by atoms with Gasteiger partial charge in [-0.1, -0.05) is 41.0 Å². The molecule has 11 heteroatoms. The van der Waals surface area contributed by atoms with Crippen LogP contribution in [0.3, 0.4) is 0 Å². The zero-order valence-electron chi connectivity index (χ0n) is 25.6. The summed E-state index contributed by atoms with van der Waals surface area (Å²) >= 11 is 12.1. The minimum absolute atomic E-state index is 0.214. The molecule has 0 radical (unpaired) electrons. The van der Waals surface area contributed by atoms with Crippen LogP contribution < -0.4 is 4.57 Å². The van der Waals surface area contributed by atoms with Gasteiger partial charge < -0.3 is 14.7 Å². The van der Waals surface area contributed by atoms with Crippen LogP contribution >= 0.6 is 56.9 Å². The van der Waals surface area contributed by atoms with Gasteiger partial charge in [-0.25, -0.2) is 0 Å². The average Bonchev–Trinajstić information content (AvgIpc) is 3.94. The molecule has 0 bridgehead atoms. The molecule has 242 valence electrons. The first-order chi connectivity index (χ1) is 23.9. The molecule has 0 saturated heterocycles. The van der Waals surface area contributed by atoms with Gasteiger partial charge in [-0.2, -0.15) is 27.2 Å². The van der Waals surface area contributed by atoms with Gasteiger partial charge in [0.25, 0.3) is 0 Å². The Kier molecular flexibility index (Phi) is 9.94. The molecule has 0 fully saturated rings. The van der Waals surface area contributed by atoms with Crippen molar-refractivity contribution in [3.63, 3.8) is 0 Å². The van der Waals surface area contributed by atoms with Gasteiger partial charge in [-0.15, -0.1) is 0 Å². The lowest BCUT2D eigenvalue weighted by molar-refractivity contribution is -0.596. The molecule has 5 heterocycles. The third-order valence-electron chi connectivity index (χ3n) is 7.99. The molecule has 2 aromatic carbocycles. The molecule has 2 unspecified atom stereocenters. The van der Waals surface area contributed by atoms with E-state index in [2.05, 4.69) is 32.7 Å². The van der Waals surface area contributed by atoms with E-state index in [4.69, 9.17) is 21.5 Å². The molecule has 0 amide bonds. The smallest absolute Gasteiger partial charge is 0.229 e. The van der Waals surface area contributed by atoms with Gasteiger partial charge in [0.15, 0.2) is 18.2 Å². The maximum Gasteiger partial charge on any atom is 0.229 e. The Morgan fingerprint density at radius 2 is 1.78 bits per heavy atom. The SMILES string of the molecule is N=C(C(=Cc1ccc(Cl)c(-[n+]2cccc(C(O)c3c(-c4ccsc4)noc3-c3cccc(I)c3)c2)c1)C(O)c1cccnc1)c1ccsc1. The molecular weight excluding hydrogens is 787 g/mol. The van der Waals surface area contributed by atoms with Crippen LogP contribution in [-0.4, -0.2) is 26.1 Å². The minimum Gasteiger partial charge on any atom is -0.384 e. The molecule has 0 spiro atoms. The number of rotatable bonds is 10. The number of aliphatic hydroxyl groups is 2. The molecule has 3 N–H and O–H groups in total. The number of hydrogen-bond donors (Lipinski definition) is 3. The fraction of sp³-hybridized carbons (Fsp3) is 0.0526. The Morgan fingerprint density at radius 1 is 0.939 bits per heavy atom. The van der Waals surface area contributed by atoms with Crippen LogP contribution in [0.4, 0.5) is 0 Å². The van der Waals surface area contributed by atoms with E-state index < -0.39 is 12.2 Å². The largest absolute Gasteiger partial charge is 0.384 e. The van der Waals surface area contributed by atoms with E-state index in [1.165, 1.54) is 11.3 Å². The zero-order valence-corrected chi connectivity index (χ0v) is 30.1. The average molecular weight is 814 g/mol. The van der Waals surface area contributed by atoms with Crippen molar-refractivity contribution in [1.29, 1.82) is 5.41 Å². The number of aliphatic hydroxyl groups excluding tert-OH is 2. The summed E-state index contributed by atoms with van der Waals surface area (Å²) in [6, 6.07) is 24.5. The van der Waals surface area contributed by atoms with Crippen LogP contribution in [0.2, 0.25) is 5.02 Å². The first-order valence-corrected chi connectivity index (χ1v) is 18.4. The van der Waals surface area contributed by atoms with E-state index in [1.54, 1.807) is 48.0 Å². The number of nitrogens with one attached hydrogen (secondary N) is 1. The van der Waals surface area contributed by atoms with Crippen molar-refractivity contribution in [2.24, 2.45) is 0 Å². The highest BCUT2D eigenvalue weighted by Gasteiger charge is 2.29. The van der Waals surface area contributed by atoms with E-state index in [0.717, 1.165) is 20.3 Å². The normalized spacial score (nSPS) is 12.9. The number of thiophene rings is 2. The second-order valence-corrected chi connectivity index (χ2v) is 14.3. The zero-order chi connectivity index (χ0) is 33.9. The van der Waals surface area contributed by atoms with Crippen molar-refractivity contribution in [3.05, 3.63) is 167 Å². The molecule has 7 rings (SSSR count). The molecular formula is C38H27ClIN4O3S2+. The van der Waals surface area contributed by atoms with Gasteiger partial charge in [-0.3, -0.25) is 10.4 Å². The monoisotopic (exact) mass is 813 g/mol. The van der Waals surface area contributed by atoms with Crippen molar-refractivity contribution in [2.45, 2.75) is 12.2 Å². The van der Waals surface area contributed by atoms with Gasteiger partial charge in [0.1, 0.15) is 22.9 Å². The Morgan fingerprint density at radius 3 is 2.53 bits per heavy atom. The van der Waals surface area contributed by atoms with Crippen molar-refractivity contribution < 1.29 is 19.3 Å². The summed E-state index contributed by atoms with van der Waals surface area (Å²) in [6.45, 7) is 0. The topological polar surface area (TPSA) is 107 Å². The number of nitrogens with zero attached hydrogens (tertiary/aromatic N) is 3. The first-order valence-electron chi connectivity index (χ1n) is 15.1. The van der Waals surface area contributed by atoms with Gasteiger partial charge in [0.2, 0.25) is 5.69 Å². The van der Waals surface area contributed by atoms with E-state index in [1.807, 2.05) is 99.1 Å². The number of hydrogen-bond acceptors (Lipinski definition) is 8. The van der Waals surface area contributed by atoms with Crippen molar-refractivity contribution in [3.8, 4) is 28.3 Å². The second-order valence-electron chi connectivity index (χ2n) is 11.1. The summed E-state index contributed by atoms with van der Waals surface area (Å²) in [4.78, 5) is 4.16. The highest BCUT2D eigenvalue weighted by molar-refractivity contribution is 14.1. The van der Waals surface area contributed by atoms with Crippen LogP contribution in [0, 0.1) is 8.98 Å². The Hall–Kier alpha value is -4.30. The first kappa shape index (κ1) is 33.2. The lowest BCUT2D eigenvalue weighted by Gasteiger charge is -2.16. The van der Waals surface area contributed by atoms with E-state index in [9.17, 15) is 10.2 Å². The summed E-state index contributed by atoms with van der Waals surface area (Å²) in [7, 11) is 0. The van der Waals surface area contributed by atoms with Crippen LogP contribution in [0.15, 0.2) is 135 Å². The molecule has 5 aromatic heterocycles. The quantitative estimate of drug-likeness (QED) is 0.0726. The number of benzene rings is 2. The van der Waals surface area contributed by atoms with Crippen molar-refractivity contribution in [1.82, 2.24) is 10.1 Å². The Balaban J connectivity index is 1.29. The van der Waals surface area contributed by atoms with Crippen LogP contribution in [0.25, 0.3) is 34.3 Å². The maximum absolute atomic E-state index is 12.0. The van der Waals surface area contributed by atoms with Gasteiger partial charge in [0.05, 0.1) is 11.3 Å². The number of pyridine rings is 2. The molecule has 2 atom stereocenters. The van der Waals surface area contributed by atoms with E-state index in [0.29, 0.717) is 50.0 Å². The third kappa shape index (κ3) is 7.07. The Labute approximate surface area is 309 Å². The summed E-state index contributed by atoms with van der Waals surface area (Å²) in [5.74, 6) is 0.501. The number of halogens is 2. The van der Waals surface area contributed by atoms with Crippen LogP contribution in [0.1, 0.15) is 40.0 Å². The lowest BCUT2D eigenvalue weighted by Crippen LogP contribution is -2.31. The van der Waals surface area contributed by atoms with Crippen molar-refractivity contribution >= 4 is 68.7 Å². The maximum atomic E-state index is 12.0. The second kappa shape index (κ2) is 14.7. The number of aromatic nitrogens is 3. The van der Waals surface area contributed by atoms with Crippen molar-refractivity contribution in [2.75, 3.05) is 0 Å². The molecule has 0 aliphatic heterocycles. The fourth-order valence-electron chi connectivity index (χ4n) is 5.54. The van der Waals surface area contributed by atoms with Gasteiger partial charge >= 0.3 is 0 Å². The molecule has 49 heavy (non-hydrogen) atoms. The summed E-state index contributed by atoms with van der Waals surface area (Å²) < 4.78 is 8.79. The summed E-state index contributed by atoms with van der Waals surface area (Å²) in [5.41, 5.74) is 6.76. The van der Waals surface area contributed by atoms with E-state index in [-0.39, 0.29) is 5.71 Å². The predicted octanol–water partition coefficient (Wildman–Crippen LogP) is 9.33. The molecule has 0 aliphatic rings. The molecule has 7 aromatic rings. The highest BCUT2D eigenvalue weighted by atomic mass is 127. The highest BCUT2D eigenvalue weighted by Crippen LogP contribution is 2.40. The Bertz CT molecular complexity index is 2270. The van der Waals surface area contributed by atoms with Gasteiger partial charge in [-0.05, 0) is 87.5 Å². The lowest BCUT2D eigenvalue weighted by atomic mass is 9.93. The molecule has 0 saturated carbocycles.